The van der Waals surface area contributed by atoms with Crippen LogP contribution in [0.25, 0.3) is 0 Å². The maximum Gasteiger partial charge on any atom is 0.321 e. The van der Waals surface area contributed by atoms with Gasteiger partial charge in [-0.1, -0.05) is 0 Å². The van der Waals surface area contributed by atoms with Gasteiger partial charge in [-0.25, -0.2) is 4.79 Å². The fourth-order valence-corrected chi connectivity index (χ4v) is 2.62. The van der Waals surface area contributed by atoms with Crippen molar-refractivity contribution in [2.45, 2.75) is 25.7 Å². The Kier molecular flexibility index (Phi) is 6.21. The van der Waals surface area contributed by atoms with Crippen LogP contribution >= 0.6 is 0 Å². The lowest BCUT2D eigenvalue weighted by atomic mass is 10.1. The molecule has 0 atom stereocenters. The molecule has 0 saturated carbocycles. The number of rotatable bonds is 6. The number of anilines is 2. The van der Waals surface area contributed by atoms with E-state index >= 15 is 0 Å². The molecule has 0 aromatic heterocycles. The normalized spacial score (nSPS) is 14.2. The van der Waals surface area contributed by atoms with Gasteiger partial charge in [-0.05, 0) is 31.0 Å². The predicted molar refractivity (Wildman–Crippen MR) is 93.1 cm³/mol. The molecule has 136 valence electrons. The summed E-state index contributed by atoms with van der Waals surface area (Å²) in [6, 6.07) is 4.66. The van der Waals surface area contributed by atoms with E-state index in [1.54, 1.807) is 23.1 Å². The first kappa shape index (κ1) is 18.6. The third-order valence-electron chi connectivity index (χ3n) is 4.05. The highest BCUT2D eigenvalue weighted by atomic mass is 16.5. The van der Waals surface area contributed by atoms with E-state index < -0.39 is 12.0 Å². The van der Waals surface area contributed by atoms with E-state index in [-0.39, 0.29) is 18.9 Å². The van der Waals surface area contributed by atoms with Crippen LogP contribution in [0.5, 0.6) is 5.75 Å². The minimum atomic E-state index is -0.963. The van der Waals surface area contributed by atoms with Crippen LogP contribution in [0, 0.1) is 0 Å². The van der Waals surface area contributed by atoms with Crippen molar-refractivity contribution in [1.29, 1.82) is 0 Å². The number of urea groups is 1. The number of carboxylic acids is 1. The Labute approximate surface area is 146 Å². The summed E-state index contributed by atoms with van der Waals surface area (Å²) in [5.41, 5.74) is 1.14. The molecule has 1 aliphatic rings. The van der Waals surface area contributed by atoms with Gasteiger partial charge in [-0.3, -0.25) is 9.59 Å². The molecule has 1 aliphatic heterocycles. The molecule has 0 radical (unpaired) electrons. The number of amides is 3. The van der Waals surface area contributed by atoms with E-state index in [1.807, 2.05) is 0 Å². The Morgan fingerprint density at radius 1 is 1.36 bits per heavy atom. The average Bonchev–Trinajstić information content (AvgIpc) is 2.60. The second-order valence-corrected chi connectivity index (χ2v) is 5.88. The lowest BCUT2D eigenvalue weighted by molar-refractivity contribution is -0.137. The highest BCUT2D eigenvalue weighted by Crippen LogP contribution is 2.33. The van der Waals surface area contributed by atoms with Crippen molar-refractivity contribution in [1.82, 2.24) is 4.90 Å². The van der Waals surface area contributed by atoms with E-state index in [9.17, 15) is 14.4 Å². The van der Waals surface area contributed by atoms with Gasteiger partial charge in [0.05, 0.1) is 19.2 Å². The zero-order valence-corrected chi connectivity index (χ0v) is 14.4. The topological polar surface area (TPSA) is 99.2 Å². The Hall–Kier alpha value is -2.77. The summed E-state index contributed by atoms with van der Waals surface area (Å²) >= 11 is 0. The summed E-state index contributed by atoms with van der Waals surface area (Å²) in [5.74, 6) is -0.367. The Morgan fingerprint density at radius 2 is 2.12 bits per heavy atom. The van der Waals surface area contributed by atoms with Gasteiger partial charge < -0.3 is 25.0 Å². The number of ether oxygens (including phenoxy) is 1. The number of carbonyl (C=O) groups excluding carboxylic acids is 2. The summed E-state index contributed by atoms with van der Waals surface area (Å²) in [7, 11) is 3.06. The van der Waals surface area contributed by atoms with Crippen LogP contribution in [0.2, 0.25) is 0 Å². The van der Waals surface area contributed by atoms with Crippen molar-refractivity contribution in [3.8, 4) is 5.75 Å². The summed E-state index contributed by atoms with van der Waals surface area (Å²) in [6.07, 6.45) is 2.17. The molecule has 8 nitrogen and oxygen atoms in total. The number of nitrogens with zero attached hydrogens (tertiary/aromatic N) is 2. The lowest BCUT2D eigenvalue weighted by Gasteiger charge is -2.28. The highest BCUT2D eigenvalue weighted by molar-refractivity contribution is 5.97. The maximum atomic E-state index is 12.2. The SMILES string of the molecule is COc1ccc(NC(=O)N(C)CCC(=O)O)cc1N1CCCCC1=O. The van der Waals surface area contributed by atoms with Crippen molar-refractivity contribution in [2.75, 3.05) is 37.5 Å². The van der Waals surface area contributed by atoms with Gasteiger partial charge in [-0.2, -0.15) is 0 Å². The Bertz CT molecular complexity index is 662. The number of piperidine rings is 1. The second-order valence-electron chi connectivity index (χ2n) is 5.88. The van der Waals surface area contributed by atoms with Crippen molar-refractivity contribution < 1.29 is 24.2 Å². The summed E-state index contributed by atoms with van der Waals surface area (Å²) in [4.78, 5) is 37.9. The molecule has 0 unspecified atom stereocenters. The molecular weight excluding hydrogens is 326 g/mol. The Morgan fingerprint density at radius 3 is 2.76 bits per heavy atom. The minimum Gasteiger partial charge on any atom is -0.495 e. The molecule has 3 amide bonds. The van der Waals surface area contributed by atoms with Crippen LogP contribution < -0.4 is 15.0 Å². The first-order chi connectivity index (χ1) is 11.9. The zero-order chi connectivity index (χ0) is 18.4. The van der Waals surface area contributed by atoms with E-state index in [0.717, 1.165) is 12.8 Å². The van der Waals surface area contributed by atoms with Gasteiger partial charge in [0, 0.05) is 32.2 Å². The smallest absolute Gasteiger partial charge is 0.321 e. The predicted octanol–water partition coefficient (Wildman–Crippen LogP) is 2.15. The molecular formula is C17H23N3O5. The quantitative estimate of drug-likeness (QED) is 0.820. The first-order valence-corrected chi connectivity index (χ1v) is 8.14. The molecule has 1 aromatic carbocycles. The van der Waals surface area contributed by atoms with Crippen LogP contribution in [-0.4, -0.2) is 55.2 Å². The van der Waals surface area contributed by atoms with Crippen molar-refractivity contribution in [3.63, 3.8) is 0 Å². The van der Waals surface area contributed by atoms with Crippen LogP contribution in [0.1, 0.15) is 25.7 Å². The van der Waals surface area contributed by atoms with Gasteiger partial charge >= 0.3 is 12.0 Å². The summed E-state index contributed by atoms with van der Waals surface area (Å²) in [5, 5.41) is 11.4. The number of hydrogen-bond acceptors (Lipinski definition) is 4. The standard InChI is InChI=1S/C17H23N3O5/c1-19(10-8-16(22)23)17(24)18-12-6-7-14(25-2)13(11-12)20-9-4-3-5-15(20)21/h6-7,11H,3-5,8-10H2,1-2H3,(H,18,24)(H,22,23). The number of aliphatic carboxylic acids is 1. The minimum absolute atomic E-state index is 0.0339. The van der Waals surface area contributed by atoms with Gasteiger partial charge in [0.15, 0.2) is 0 Å². The molecule has 25 heavy (non-hydrogen) atoms. The number of methoxy groups -OCH3 is 1. The van der Waals surface area contributed by atoms with Gasteiger partial charge in [-0.15, -0.1) is 0 Å². The van der Waals surface area contributed by atoms with Crippen molar-refractivity contribution >= 4 is 29.3 Å². The maximum absolute atomic E-state index is 12.2. The molecule has 1 saturated heterocycles. The Balaban J connectivity index is 2.14. The van der Waals surface area contributed by atoms with Crippen LogP contribution in [0.4, 0.5) is 16.2 Å². The molecule has 2 N–H and O–H groups in total. The zero-order valence-electron chi connectivity index (χ0n) is 14.4. The lowest BCUT2D eigenvalue weighted by Crippen LogP contribution is -2.36. The number of benzene rings is 1. The molecule has 1 fully saturated rings. The van der Waals surface area contributed by atoms with E-state index in [2.05, 4.69) is 5.32 Å². The van der Waals surface area contributed by atoms with E-state index in [0.29, 0.717) is 30.1 Å². The molecule has 1 aromatic rings. The third-order valence-corrected chi connectivity index (χ3v) is 4.05. The van der Waals surface area contributed by atoms with E-state index in [1.165, 1.54) is 19.1 Å². The monoisotopic (exact) mass is 349 g/mol. The first-order valence-electron chi connectivity index (χ1n) is 8.14. The third kappa shape index (κ3) is 4.85. The summed E-state index contributed by atoms with van der Waals surface area (Å²) in [6.45, 7) is 0.722. The number of hydrogen-bond donors (Lipinski definition) is 2. The number of carboxylic acid groups (broad SMARTS) is 1. The average molecular weight is 349 g/mol. The van der Waals surface area contributed by atoms with Gasteiger partial charge in [0.2, 0.25) is 5.91 Å². The van der Waals surface area contributed by atoms with Crippen LogP contribution in [-0.2, 0) is 9.59 Å². The fourth-order valence-electron chi connectivity index (χ4n) is 2.62. The van der Waals surface area contributed by atoms with Gasteiger partial charge in [0.1, 0.15) is 5.75 Å². The summed E-state index contributed by atoms with van der Waals surface area (Å²) < 4.78 is 5.34. The van der Waals surface area contributed by atoms with Crippen molar-refractivity contribution in [3.05, 3.63) is 18.2 Å². The van der Waals surface area contributed by atoms with E-state index in [4.69, 9.17) is 9.84 Å². The highest BCUT2D eigenvalue weighted by Gasteiger charge is 2.23. The van der Waals surface area contributed by atoms with Crippen molar-refractivity contribution in [2.24, 2.45) is 0 Å². The molecule has 0 aliphatic carbocycles. The van der Waals surface area contributed by atoms with Gasteiger partial charge in [0.25, 0.3) is 0 Å². The molecule has 0 bridgehead atoms. The largest absolute Gasteiger partial charge is 0.495 e. The van der Waals surface area contributed by atoms with Crippen LogP contribution in [0.3, 0.4) is 0 Å². The molecule has 1 heterocycles. The second kappa shape index (κ2) is 8.36. The number of nitrogens with one attached hydrogen (secondary N) is 1. The molecule has 0 spiro atoms. The molecule has 2 rings (SSSR count). The molecule has 8 heteroatoms. The number of carbonyl (C=O) groups is 3. The van der Waals surface area contributed by atoms with Crippen LogP contribution in [0.15, 0.2) is 18.2 Å². The fraction of sp³-hybridized carbons (Fsp3) is 0.471.